The maximum atomic E-state index is 12.9. The molecule has 2 aliphatic heterocycles. The lowest BCUT2D eigenvalue weighted by Gasteiger charge is -2.42. The van der Waals surface area contributed by atoms with Gasteiger partial charge >= 0.3 is 6.03 Å². The van der Waals surface area contributed by atoms with E-state index < -0.39 is 0 Å². The average Bonchev–Trinajstić information content (AvgIpc) is 3.15. The summed E-state index contributed by atoms with van der Waals surface area (Å²) >= 11 is 0. The quantitative estimate of drug-likeness (QED) is 0.725. The van der Waals surface area contributed by atoms with Crippen molar-refractivity contribution in [3.8, 4) is 11.4 Å². The summed E-state index contributed by atoms with van der Waals surface area (Å²) in [5.41, 5.74) is 2.54. The Kier molecular flexibility index (Phi) is 4.19. The number of nitrogens with zero attached hydrogens (tertiary/aromatic N) is 4. The summed E-state index contributed by atoms with van der Waals surface area (Å²) in [6.45, 7) is 3.66. The smallest absolute Gasteiger partial charge is 0.321 e. The number of aromatic nitrogens is 3. The van der Waals surface area contributed by atoms with Crippen molar-refractivity contribution in [1.29, 1.82) is 0 Å². The van der Waals surface area contributed by atoms with E-state index in [0.29, 0.717) is 43.0 Å². The van der Waals surface area contributed by atoms with Crippen LogP contribution < -0.4 is 10.9 Å². The van der Waals surface area contributed by atoms with Crippen LogP contribution in [0.25, 0.3) is 11.4 Å². The molecule has 2 atom stereocenters. The number of fused-ring (bicyclic) bond motifs is 4. The van der Waals surface area contributed by atoms with Gasteiger partial charge in [0.25, 0.3) is 5.56 Å². The van der Waals surface area contributed by atoms with Gasteiger partial charge in [-0.2, -0.15) is 4.98 Å². The van der Waals surface area contributed by atoms with E-state index in [0.717, 1.165) is 17.7 Å². The second kappa shape index (κ2) is 6.88. The number of likely N-dealkylation sites (tertiary alicyclic amines) is 1. The Hall–Kier alpha value is -3.42. The molecule has 1 N–H and O–H groups in total. The Morgan fingerprint density at radius 1 is 1.17 bits per heavy atom. The molecule has 2 bridgehead atoms. The number of carbonyl (C=O) groups excluding carboxylic acids is 1. The van der Waals surface area contributed by atoms with Gasteiger partial charge in [-0.25, -0.2) is 4.79 Å². The number of benzene rings is 1. The zero-order chi connectivity index (χ0) is 20.0. The van der Waals surface area contributed by atoms with Crippen molar-refractivity contribution in [2.24, 2.45) is 5.92 Å². The van der Waals surface area contributed by atoms with E-state index in [-0.39, 0.29) is 17.5 Å². The van der Waals surface area contributed by atoms with Crippen molar-refractivity contribution in [2.45, 2.75) is 25.8 Å². The summed E-state index contributed by atoms with van der Waals surface area (Å²) in [4.78, 5) is 31.2. The fraction of sp³-hybridized carbons (Fsp3) is 0.333. The SMILES string of the molecule is Cc1nc(-c2cccc(NC(=O)N3C[C@@H]4C[C@H](C3)c3cccc(=O)n3C4)c2)no1. The molecule has 1 saturated heterocycles. The van der Waals surface area contributed by atoms with E-state index in [4.69, 9.17) is 4.52 Å². The Labute approximate surface area is 167 Å². The molecule has 0 radical (unpaired) electrons. The Morgan fingerprint density at radius 3 is 2.86 bits per heavy atom. The molecule has 2 aliphatic rings. The summed E-state index contributed by atoms with van der Waals surface area (Å²) in [5.74, 6) is 1.47. The first kappa shape index (κ1) is 17.7. The molecule has 0 aliphatic carbocycles. The van der Waals surface area contributed by atoms with Gasteiger partial charge in [-0.1, -0.05) is 23.4 Å². The molecule has 29 heavy (non-hydrogen) atoms. The lowest BCUT2D eigenvalue weighted by molar-refractivity contribution is 0.139. The summed E-state index contributed by atoms with van der Waals surface area (Å²) in [6, 6.07) is 12.7. The summed E-state index contributed by atoms with van der Waals surface area (Å²) in [5, 5.41) is 6.91. The van der Waals surface area contributed by atoms with Gasteiger partial charge in [0.1, 0.15) is 0 Å². The molecule has 2 amide bonds. The first-order valence-corrected chi connectivity index (χ1v) is 9.73. The van der Waals surface area contributed by atoms with Crippen LogP contribution in [-0.2, 0) is 6.54 Å². The molecule has 8 heteroatoms. The van der Waals surface area contributed by atoms with Gasteiger partial charge in [0, 0.05) is 55.5 Å². The molecule has 2 aromatic heterocycles. The van der Waals surface area contributed by atoms with Gasteiger partial charge in [-0.05, 0) is 30.5 Å². The van der Waals surface area contributed by atoms with Crippen molar-refractivity contribution >= 4 is 11.7 Å². The van der Waals surface area contributed by atoms with Gasteiger partial charge in [0.15, 0.2) is 0 Å². The highest BCUT2D eigenvalue weighted by Crippen LogP contribution is 2.35. The van der Waals surface area contributed by atoms with Gasteiger partial charge < -0.3 is 19.3 Å². The van der Waals surface area contributed by atoms with Gasteiger partial charge in [0.2, 0.25) is 11.7 Å². The van der Waals surface area contributed by atoms with Crippen molar-refractivity contribution < 1.29 is 9.32 Å². The standard InChI is InChI=1S/C21H21N5O3/c1-13-22-20(24-29-13)15-4-2-5-17(9-15)23-21(28)25-10-14-8-16(12-25)18-6-3-7-19(27)26(18)11-14/h2-7,9,14,16H,8,10-12H2,1H3,(H,23,28)/t14-,16+/m0/s1. The highest BCUT2D eigenvalue weighted by molar-refractivity contribution is 5.90. The predicted octanol–water partition coefficient (Wildman–Crippen LogP) is 2.86. The van der Waals surface area contributed by atoms with Crippen molar-refractivity contribution in [3.05, 3.63) is 64.4 Å². The number of carbonyl (C=O) groups is 1. The maximum Gasteiger partial charge on any atom is 0.321 e. The number of pyridine rings is 1. The number of aryl methyl sites for hydroxylation is 1. The lowest BCUT2D eigenvalue weighted by Crippen LogP contribution is -2.50. The first-order chi connectivity index (χ1) is 14.1. The van der Waals surface area contributed by atoms with Crippen LogP contribution in [0.15, 0.2) is 51.8 Å². The largest absolute Gasteiger partial charge is 0.339 e. The highest BCUT2D eigenvalue weighted by atomic mass is 16.5. The maximum absolute atomic E-state index is 12.9. The van der Waals surface area contributed by atoms with Crippen molar-refractivity contribution in [1.82, 2.24) is 19.6 Å². The summed E-state index contributed by atoms with van der Waals surface area (Å²) in [7, 11) is 0. The van der Waals surface area contributed by atoms with Gasteiger partial charge in [-0.3, -0.25) is 4.79 Å². The minimum Gasteiger partial charge on any atom is -0.339 e. The summed E-state index contributed by atoms with van der Waals surface area (Å²) in [6.07, 6.45) is 1.01. The topological polar surface area (TPSA) is 93.3 Å². The molecule has 8 nitrogen and oxygen atoms in total. The fourth-order valence-electron chi connectivity index (χ4n) is 4.42. The lowest BCUT2D eigenvalue weighted by atomic mass is 9.83. The second-order valence-electron chi connectivity index (χ2n) is 7.75. The predicted molar refractivity (Wildman–Crippen MR) is 107 cm³/mol. The third kappa shape index (κ3) is 3.30. The van der Waals surface area contributed by atoms with Crippen molar-refractivity contribution in [3.63, 3.8) is 0 Å². The van der Waals surface area contributed by atoms with Crippen LogP contribution in [-0.4, -0.2) is 38.7 Å². The molecular weight excluding hydrogens is 370 g/mol. The van der Waals surface area contributed by atoms with Crippen LogP contribution in [0, 0.1) is 12.8 Å². The van der Waals surface area contributed by atoms with Crippen LogP contribution in [0.4, 0.5) is 10.5 Å². The monoisotopic (exact) mass is 391 g/mol. The number of hydrogen-bond donors (Lipinski definition) is 1. The third-order valence-electron chi connectivity index (χ3n) is 5.67. The molecule has 0 spiro atoms. The Morgan fingerprint density at radius 2 is 2.03 bits per heavy atom. The number of anilines is 1. The number of amides is 2. The van der Waals surface area contributed by atoms with E-state index in [1.54, 1.807) is 19.1 Å². The Balaban J connectivity index is 1.33. The minimum absolute atomic E-state index is 0.0450. The molecule has 1 aromatic carbocycles. The Bertz CT molecular complexity index is 1140. The summed E-state index contributed by atoms with van der Waals surface area (Å²) < 4.78 is 6.90. The third-order valence-corrected chi connectivity index (χ3v) is 5.67. The van der Waals surface area contributed by atoms with E-state index >= 15 is 0 Å². The van der Waals surface area contributed by atoms with E-state index in [9.17, 15) is 9.59 Å². The zero-order valence-corrected chi connectivity index (χ0v) is 16.0. The second-order valence-corrected chi connectivity index (χ2v) is 7.75. The van der Waals surface area contributed by atoms with E-state index in [1.165, 1.54) is 0 Å². The molecule has 1 fully saturated rings. The van der Waals surface area contributed by atoms with Gasteiger partial charge in [0.05, 0.1) is 0 Å². The fourth-order valence-corrected chi connectivity index (χ4v) is 4.42. The molecule has 3 aromatic rings. The van der Waals surface area contributed by atoms with Gasteiger partial charge in [-0.15, -0.1) is 0 Å². The molecule has 4 heterocycles. The first-order valence-electron chi connectivity index (χ1n) is 9.73. The van der Waals surface area contributed by atoms with Crippen molar-refractivity contribution in [2.75, 3.05) is 18.4 Å². The number of rotatable bonds is 2. The number of nitrogens with one attached hydrogen (secondary N) is 1. The van der Waals surface area contributed by atoms with E-state index in [1.807, 2.05) is 39.8 Å². The normalized spacial score (nSPS) is 20.2. The molecule has 0 saturated carbocycles. The van der Waals surface area contributed by atoms with Crippen LogP contribution in [0.3, 0.4) is 0 Å². The van der Waals surface area contributed by atoms with Crippen LogP contribution >= 0.6 is 0 Å². The average molecular weight is 391 g/mol. The molecule has 5 rings (SSSR count). The van der Waals surface area contributed by atoms with E-state index in [2.05, 4.69) is 15.5 Å². The van der Waals surface area contributed by atoms with Crippen LogP contribution in [0.1, 0.15) is 23.9 Å². The molecule has 0 unspecified atom stereocenters. The number of urea groups is 1. The number of hydrogen-bond acceptors (Lipinski definition) is 5. The number of piperidine rings is 1. The van der Waals surface area contributed by atoms with Crippen LogP contribution in [0.5, 0.6) is 0 Å². The zero-order valence-electron chi connectivity index (χ0n) is 16.0. The molecule has 148 valence electrons. The van der Waals surface area contributed by atoms with Crippen LogP contribution in [0.2, 0.25) is 0 Å². The minimum atomic E-state index is -0.132. The molecular formula is C21H21N5O3. The highest BCUT2D eigenvalue weighted by Gasteiger charge is 2.36.